The molecule has 0 amide bonds. The number of fused-ring (bicyclic) bond motifs is 1. The van der Waals surface area contributed by atoms with Crippen LogP contribution in [0.3, 0.4) is 0 Å². The first-order chi connectivity index (χ1) is 13.7. The number of carbonyl (C=O) groups is 1. The Morgan fingerprint density at radius 1 is 1.21 bits per heavy atom. The van der Waals surface area contributed by atoms with Crippen molar-refractivity contribution in [1.82, 2.24) is 19.7 Å². The van der Waals surface area contributed by atoms with Crippen LogP contribution in [0.4, 0.5) is 0 Å². The van der Waals surface area contributed by atoms with E-state index in [1.807, 2.05) is 0 Å². The molecule has 0 aliphatic carbocycles. The Hall–Kier alpha value is -2.00. The quantitative estimate of drug-likeness (QED) is 0.219. The van der Waals surface area contributed by atoms with Crippen LogP contribution in [0.5, 0.6) is 0 Å². The van der Waals surface area contributed by atoms with Gasteiger partial charge in [-0.25, -0.2) is 19.4 Å². The minimum absolute atomic E-state index is 0.0738. The third kappa shape index (κ3) is 5.13. The molecule has 29 heavy (non-hydrogen) atoms. The molecule has 1 aromatic carbocycles. The highest BCUT2D eigenvalue weighted by Gasteiger charge is 2.19. The summed E-state index contributed by atoms with van der Waals surface area (Å²) in [5, 5.41) is 5.81. The molecule has 0 spiro atoms. The van der Waals surface area contributed by atoms with Gasteiger partial charge in [-0.2, -0.15) is 5.10 Å². The molecule has 3 aromatic rings. The zero-order chi connectivity index (χ0) is 21.2. The van der Waals surface area contributed by atoms with Gasteiger partial charge in [-0.15, -0.1) is 0 Å². The molecule has 0 aliphatic rings. The Morgan fingerprint density at radius 2 is 1.97 bits per heavy atom. The van der Waals surface area contributed by atoms with E-state index >= 15 is 0 Å². The Balaban J connectivity index is 2.03. The predicted molar refractivity (Wildman–Crippen MR) is 116 cm³/mol. The van der Waals surface area contributed by atoms with Crippen LogP contribution in [0, 0.1) is 0 Å². The third-order valence-corrected chi connectivity index (χ3v) is 6.48. The van der Waals surface area contributed by atoms with E-state index in [9.17, 15) is 4.79 Å². The van der Waals surface area contributed by atoms with Gasteiger partial charge in [-0.1, -0.05) is 31.2 Å². The van der Waals surface area contributed by atoms with Gasteiger partial charge < -0.3 is 9.47 Å². The number of esters is 1. The number of carbonyl (C=O) groups excluding carboxylic acids is 1. The van der Waals surface area contributed by atoms with Crippen LogP contribution < -0.4 is 0 Å². The van der Waals surface area contributed by atoms with E-state index in [-0.39, 0.29) is 12.0 Å². The van der Waals surface area contributed by atoms with Crippen LogP contribution in [0.25, 0.3) is 22.3 Å². The summed E-state index contributed by atoms with van der Waals surface area (Å²) in [7, 11) is 0.141. The van der Waals surface area contributed by atoms with Gasteiger partial charge in [0.2, 0.25) is 5.28 Å². The molecule has 0 fully saturated rings. The van der Waals surface area contributed by atoms with Crippen molar-refractivity contribution < 1.29 is 14.3 Å². The lowest BCUT2D eigenvalue weighted by Gasteiger charge is -2.15. The maximum Gasteiger partial charge on any atom is 0.337 e. The summed E-state index contributed by atoms with van der Waals surface area (Å²) >= 11 is 12.2. The van der Waals surface area contributed by atoms with Crippen molar-refractivity contribution in [3.8, 4) is 11.4 Å². The highest BCUT2D eigenvalue weighted by Crippen LogP contribution is 2.32. The summed E-state index contributed by atoms with van der Waals surface area (Å²) in [4.78, 5) is 20.1. The van der Waals surface area contributed by atoms with Crippen molar-refractivity contribution in [3.05, 3.63) is 40.3 Å². The molecular weight excluding hydrogens is 431 g/mol. The molecule has 0 saturated carbocycles. The number of aromatic nitrogens is 4. The van der Waals surface area contributed by atoms with Gasteiger partial charge in [-0.05, 0) is 35.8 Å². The number of benzene rings is 1. The normalized spacial score (nSPS) is 11.8. The van der Waals surface area contributed by atoms with Crippen molar-refractivity contribution in [3.63, 3.8) is 0 Å². The first-order valence-corrected chi connectivity index (χ1v) is 13.5. The maximum atomic E-state index is 12.0. The minimum atomic E-state index is -1.20. The van der Waals surface area contributed by atoms with E-state index in [2.05, 4.69) is 34.7 Å². The highest BCUT2D eigenvalue weighted by atomic mass is 35.5. The lowest BCUT2D eigenvalue weighted by Crippen LogP contribution is -2.22. The molecule has 0 N–H and O–H groups in total. The lowest BCUT2D eigenvalue weighted by atomic mass is 10.1. The number of hydrogen-bond donors (Lipinski definition) is 0. The number of ether oxygens (including phenoxy) is 2. The summed E-state index contributed by atoms with van der Waals surface area (Å²) in [6.07, 6.45) is 1.43. The van der Waals surface area contributed by atoms with E-state index in [0.717, 1.165) is 11.4 Å². The molecule has 2 aromatic heterocycles. The molecule has 154 valence electrons. The SMILES string of the molecule is COC(=O)c1ccc2c(-c3nc(Cl)ncc3Cl)nn(COCC[Si](C)(C)C)c2c1. The zero-order valence-corrected chi connectivity index (χ0v) is 19.2. The minimum Gasteiger partial charge on any atom is -0.465 e. The molecule has 7 nitrogen and oxygen atoms in total. The van der Waals surface area contributed by atoms with Gasteiger partial charge in [0.1, 0.15) is 18.1 Å². The van der Waals surface area contributed by atoms with Crippen molar-refractivity contribution in [2.75, 3.05) is 13.7 Å². The van der Waals surface area contributed by atoms with Crippen molar-refractivity contribution >= 4 is 48.1 Å². The van der Waals surface area contributed by atoms with Crippen LogP contribution in [0.2, 0.25) is 36.0 Å². The number of methoxy groups -OCH3 is 1. The Bertz CT molecular complexity index is 1050. The zero-order valence-electron chi connectivity index (χ0n) is 16.7. The second kappa shape index (κ2) is 8.79. The van der Waals surface area contributed by atoms with E-state index in [4.69, 9.17) is 32.7 Å². The molecule has 0 bridgehead atoms. The number of halogens is 2. The third-order valence-electron chi connectivity index (χ3n) is 4.32. The highest BCUT2D eigenvalue weighted by molar-refractivity contribution is 6.76. The standard InChI is InChI=1S/C19H22Cl2N4O3Si/c1-27-18(26)12-5-6-13-15(9-12)25(11-28-7-8-29(2,3)4)24-16(13)17-14(20)10-22-19(21)23-17/h5-6,9-10H,7-8,11H2,1-4H3. The molecule has 0 radical (unpaired) electrons. The van der Waals surface area contributed by atoms with Gasteiger partial charge in [0.15, 0.2) is 0 Å². The largest absolute Gasteiger partial charge is 0.465 e. The fraction of sp³-hybridized carbons (Fsp3) is 0.368. The topological polar surface area (TPSA) is 79.1 Å². The summed E-state index contributed by atoms with van der Waals surface area (Å²) < 4.78 is 12.4. The molecule has 0 unspecified atom stereocenters. The summed E-state index contributed by atoms with van der Waals surface area (Å²) in [5.41, 5.74) is 2.09. The number of hydrogen-bond acceptors (Lipinski definition) is 6. The fourth-order valence-electron chi connectivity index (χ4n) is 2.73. The fourth-order valence-corrected chi connectivity index (χ4v) is 3.80. The average molecular weight is 453 g/mol. The van der Waals surface area contributed by atoms with E-state index in [1.54, 1.807) is 22.9 Å². The summed E-state index contributed by atoms with van der Waals surface area (Å²) in [6, 6.07) is 6.22. The number of rotatable bonds is 7. The molecule has 0 atom stereocenters. The summed E-state index contributed by atoms with van der Waals surface area (Å²) in [6.45, 7) is 7.76. The number of nitrogens with zero attached hydrogens (tertiary/aromatic N) is 4. The monoisotopic (exact) mass is 452 g/mol. The average Bonchev–Trinajstić information content (AvgIpc) is 3.03. The predicted octanol–water partition coefficient (Wildman–Crippen LogP) is 4.90. The van der Waals surface area contributed by atoms with Crippen LogP contribution in [0.15, 0.2) is 24.4 Å². The van der Waals surface area contributed by atoms with E-state index in [1.165, 1.54) is 13.3 Å². The molecule has 10 heteroatoms. The van der Waals surface area contributed by atoms with Crippen molar-refractivity contribution in [2.24, 2.45) is 0 Å². The first kappa shape index (κ1) is 21.7. The van der Waals surface area contributed by atoms with Crippen LogP contribution in [-0.2, 0) is 16.2 Å². The van der Waals surface area contributed by atoms with Crippen molar-refractivity contribution in [1.29, 1.82) is 0 Å². The van der Waals surface area contributed by atoms with Crippen LogP contribution in [0.1, 0.15) is 10.4 Å². The second-order valence-electron chi connectivity index (χ2n) is 7.76. The van der Waals surface area contributed by atoms with Gasteiger partial charge >= 0.3 is 5.97 Å². The van der Waals surface area contributed by atoms with E-state index < -0.39 is 14.0 Å². The van der Waals surface area contributed by atoms with E-state index in [0.29, 0.717) is 34.1 Å². The van der Waals surface area contributed by atoms with Gasteiger partial charge in [0, 0.05) is 20.1 Å². The lowest BCUT2D eigenvalue weighted by molar-refractivity contribution is 0.0600. The Labute approximate surface area is 180 Å². The molecule has 0 saturated heterocycles. The van der Waals surface area contributed by atoms with Crippen LogP contribution >= 0.6 is 23.2 Å². The second-order valence-corrected chi connectivity index (χ2v) is 14.1. The van der Waals surface area contributed by atoms with Gasteiger partial charge in [0.05, 0.1) is 29.4 Å². The van der Waals surface area contributed by atoms with Gasteiger partial charge in [0.25, 0.3) is 0 Å². The molecule has 0 aliphatic heterocycles. The molecular formula is C19H22Cl2N4O3Si. The maximum absolute atomic E-state index is 12.0. The molecule has 3 rings (SSSR count). The van der Waals surface area contributed by atoms with Gasteiger partial charge in [-0.3, -0.25) is 0 Å². The smallest absolute Gasteiger partial charge is 0.337 e. The first-order valence-electron chi connectivity index (χ1n) is 9.04. The Kier molecular flexibility index (Phi) is 6.57. The van der Waals surface area contributed by atoms with Crippen molar-refractivity contribution in [2.45, 2.75) is 32.4 Å². The van der Waals surface area contributed by atoms with Crippen LogP contribution in [-0.4, -0.2) is 47.5 Å². The molecule has 2 heterocycles. The summed E-state index contributed by atoms with van der Waals surface area (Å²) in [5.74, 6) is -0.427. The Morgan fingerprint density at radius 3 is 2.66 bits per heavy atom.